The SMILES string of the molecule is C=P(c1cc(F)c(F)c(F)c1)(c1ccc2ccc3cccc4ccc1c2c34)c1ccc2ccc3cccc4ccc1c2c34. The lowest BCUT2D eigenvalue weighted by molar-refractivity contribution is 0.448. The Morgan fingerprint density at radius 1 is 0.419 bits per heavy atom. The lowest BCUT2D eigenvalue weighted by atomic mass is 9.94. The molecule has 0 aliphatic rings. The van der Waals surface area contributed by atoms with Crippen molar-refractivity contribution in [2.45, 2.75) is 0 Å². The molecule has 0 amide bonds. The molecule has 0 aromatic heterocycles. The van der Waals surface area contributed by atoms with Crippen molar-refractivity contribution >= 4 is 93.7 Å². The number of halogens is 3. The van der Waals surface area contributed by atoms with E-state index in [0.29, 0.717) is 5.30 Å². The number of hydrogen-bond donors (Lipinski definition) is 0. The van der Waals surface area contributed by atoms with Gasteiger partial charge in [-0.2, -0.15) is 0 Å². The van der Waals surface area contributed by atoms with Gasteiger partial charge in [0.1, 0.15) is 0 Å². The van der Waals surface area contributed by atoms with Gasteiger partial charge in [-0.1, -0.05) is 115 Å². The highest BCUT2D eigenvalue weighted by Gasteiger charge is 2.30. The summed E-state index contributed by atoms with van der Waals surface area (Å²) in [5, 5.41) is 15.3. The maximum Gasteiger partial charge on any atom is 0.194 e. The lowest BCUT2D eigenvalue weighted by Gasteiger charge is -2.30. The van der Waals surface area contributed by atoms with E-state index in [9.17, 15) is 4.39 Å². The quantitative estimate of drug-likeness (QED) is 0.111. The smallest absolute Gasteiger partial charge is 0.194 e. The molecule has 0 bridgehead atoms. The molecule has 0 fully saturated rings. The zero-order valence-corrected chi connectivity index (χ0v) is 23.7. The average molecular weight is 579 g/mol. The van der Waals surface area contributed by atoms with Gasteiger partial charge in [-0.15, -0.1) is 0 Å². The molecule has 204 valence electrons. The van der Waals surface area contributed by atoms with Crippen LogP contribution in [0.3, 0.4) is 0 Å². The third-order valence-electron chi connectivity index (χ3n) is 9.24. The van der Waals surface area contributed by atoms with E-state index in [1.165, 1.54) is 0 Å². The van der Waals surface area contributed by atoms with Crippen molar-refractivity contribution in [2.24, 2.45) is 0 Å². The lowest BCUT2D eigenvalue weighted by Crippen LogP contribution is -2.28. The van der Waals surface area contributed by atoms with Gasteiger partial charge in [0.05, 0.1) is 0 Å². The normalized spacial score (nSPS) is 12.6. The first-order chi connectivity index (χ1) is 20.9. The second-order valence-electron chi connectivity index (χ2n) is 11.4. The zero-order valence-electron chi connectivity index (χ0n) is 22.8. The third kappa shape index (κ3) is 3.23. The van der Waals surface area contributed by atoms with E-state index in [1.807, 2.05) is 0 Å². The summed E-state index contributed by atoms with van der Waals surface area (Å²) in [5.41, 5.74) is 0. The molecule has 9 aromatic carbocycles. The summed E-state index contributed by atoms with van der Waals surface area (Å²) in [5.74, 6) is -3.89. The molecular weight excluding hydrogens is 556 g/mol. The molecule has 0 heterocycles. The van der Waals surface area contributed by atoms with Gasteiger partial charge in [0.2, 0.25) is 0 Å². The fourth-order valence-corrected chi connectivity index (χ4v) is 10.6. The van der Waals surface area contributed by atoms with Crippen molar-refractivity contribution in [1.82, 2.24) is 0 Å². The van der Waals surface area contributed by atoms with Crippen molar-refractivity contribution in [3.05, 3.63) is 139 Å². The Kier molecular flexibility index (Phi) is 4.94. The molecule has 0 saturated heterocycles. The molecule has 0 radical (unpaired) electrons. The van der Waals surface area contributed by atoms with Crippen LogP contribution in [0, 0.1) is 17.5 Å². The Morgan fingerprint density at radius 2 is 0.767 bits per heavy atom. The molecule has 0 unspecified atom stereocenters. The summed E-state index contributed by atoms with van der Waals surface area (Å²) < 4.78 is 44.5. The fourth-order valence-electron chi connectivity index (χ4n) is 7.28. The van der Waals surface area contributed by atoms with Crippen molar-refractivity contribution in [3.63, 3.8) is 0 Å². The Hall–Kier alpha value is -4.85. The summed E-state index contributed by atoms with van der Waals surface area (Å²) in [4.78, 5) is 0. The summed E-state index contributed by atoms with van der Waals surface area (Å²) in [6.45, 7) is -3.01. The average Bonchev–Trinajstić information content (AvgIpc) is 3.04. The van der Waals surface area contributed by atoms with Gasteiger partial charge in [0.25, 0.3) is 0 Å². The van der Waals surface area contributed by atoms with Crippen LogP contribution in [-0.2, 0) is 0 Å². The van der Waals surface area contributed by atoms with Crippen LogP contribution in [0.5, 0.6) is 0 Å². The van der Waals surface area contributed by atoms with E-state index in [2.05, 4.69) is 109 Å². The molecular formula is C39H22F3P. The van der Waals surface area contributed by atoms with E-state index >= 15 is 8.78 Å². The van der Waals surface area contributed by atoms with E-state index in [4.69, 9.17) is 6.30 Å². The summed E-state index contributed by atoms with van der Waals surface area (Å²) >= 11 is 0. The maximum absolute atomic E-state index is 15.1. The highest BCUT2D eigenvalue weighted by Crippen LogP contribution is 2.49. The zero-order chi connectivity index (χ0) is 29.0. The fraction of sp³-hybridized carbons (Fsp3) is 0. The van der Waals surface area contributed by atoms with Crippen LogP contribution in [0.15, 0.2) is 121 Å². The van der Waals surface area contributed by atoms with E-state index < -0.39 is 24.3 Å². The number of hydrogen-bond acceptors (Lipinski definition) is 0. The highest BCUT2D eigenvalue weighted by molar-refractivity contribution is 7.94. The molecule has 9 aromatic rings. The van der Waals surface area contributed by atoms with Gasteiger partial charge in [0.15, 0.2) is 17.5 Å². The predicted octanol–water partition coefficient (Wildman–Crippen LogP) is 9.62. The minimum atomic E-state index is -3.01. The number of benzene rings is 9. The molecule has 0 spiro atoms. The third-order valence-corrected chi connectivity index (χ3v) is 12.8. The van der Waals surface area contributed by atoms with E-state index in [1.54, 1.807) is 0 Å². The Balaban J connectivity index is 1.48. The largest absolute Gasteiger partial charge is 0.204 e. The standard InChI is InChI=1S/C39H22F3P/c1-43(28-20-31(40)39(42)32(41)21-28,33-18-14-26-10-8-22-4-2-6-24-12-16-29(33)37(26)35(22)24)34-19-15-27-11-9-23-5-3-7-25-13-17-30(34)38(27)36(23)25/h2-21H,1H2. The topological polar surface area (TPSA) is 0 Å². The minimum Gasteiger partial charge on any atom is -0.204 e. The predicted molar refractivity (Wildman–Crippen MR) is 180 cm³/mol. The van der Waals surface area contributed by atoms with Gasteiger partial charge in [-0.3, -0.25) is 0 Å². The van der Waals surface area contributed by atoms with E-state index in [0.717, 1.165) is 87.4 Å². The summed E-state index contributed by atoms with van der Waals surface area (Å²) in [7, 11) is 0. The minimum absolute atomic E-state index is 0.356. The van der Waals surface area contributed by atoms with Crippen LogP contribution in [-0.4, -0.2) is 6.30 Å². The first-order valence-electron chi connectivity index (χ1n) is 14.2. The van der Waals surface area contributed by atoms with Gasteiger partial charge in [-0.25, -0.2) is 13.2 Å². The monoisotopic (exact) mass is 578 g/mol. The van der Waals surface area contributed by atoms with Crippen LogP contribution >= 0.6 is 6.89 Å². The van der Waals surface area contributed by atoms with Crippen LogP contribution in [0.4, 0.5) is 13.2 Å². The first kappa shape index (κ1) is 24.7. The number of rotatable bonds is 3. The van der Waals surface area contributed by atoms with Crippen molar-refractivity contribution < 1.29 is 13.2 Å². The molecule has 0 nitrogen and oxygen atoms in total. The summed E-state index contributed by atoms with van der Waals surface area (Å²) in [6, 6.07) is 40.0. The van der Waals surface area contributed by atoms with Gasteiger partial charge in [-0.05, 0) is 99.6 Å². The Bertz CT molecular complexity index is 2430. The van der Waals surface area contributed by atoms with Crippen molar-refractivity contribution in [1.29, 1.82) is 0 Å². The second-order valence-corrected chi connectivity index (χ2v) is 14.5. The first-order valence-corrected chi connectivity index (χ1v) is 16.1. The molecule has 43 heavy (non-hydrogen) atoms. The maximum atomic E-state index is 15.1. The molecule has 0 N–H and O–H groups in total. The highest BCUT2D eigenvalue weighted by atomic mass is 31.2. The molecule has 0 aliphatic carbocycles. The molecule has 9 rings (SSSR count). The summed E-state index contributed by atoms with van der Waals surface area (Å²) in [6.07, 6.45) is 4.91. The molecule has 0 atom stereocenters. The molecule has 4 heteroatoms. The van der Waals surface area contributed by atoms with Crippen LogP contribution in [0.1, 0.15) is 0 Å². The van der Waals surface area contributed by atoms with Crippen molar-refractivity contribution in [3.8, 4) is 0 Å². The van der Waals surface area contributed by atoms with Crippen LogP contribution in [0.2, 0.25) is 0 Å². The molecule has 0 aliphatic heterocycles. The van der Waals surface area contributed by atoms with Gasteiger partial charge in [0, 0.05) is 0 Å². The van der Waals surface area contributed by atoms with Gasteiger partial charge >= 0.3 is 0 Å². The van der Waals surface area contributed by atoms with Crippen molar-refractivity contribution in [2.75, 3.05) is 0 Å². The van der Waals surface area contributed by atoms with E-state index in [-0.39, 0.29) is 0 Å². The Labute approximate surface area is 245 Å². The van der Waals surface area contributed by atoms with Crippen LogP contribution in [0.25, 0.3) is 64.6 Å². The van der Waals surface area contributed by atoms with Crippen LogP contribution < -0.4 is 15.9 Å². The Morgan fingerprint density at radius 3 is 1.19 bits per heavy atom. The molecule has 0 saturated carbocycles. The van der Waals surface area contributed by atoms with Gasteiger partial charge < -0.3 is 0 Å². The second kappa shape index (κ2) is 8.60.